The molecule has 0 spiro atoms. The zero-order chi connectivity index (χ0) is 8.81. The van der Waals surface area contributed by atoms with Crippen LogP contribution in [0.1, 0.15) is 12.8 Å². The Morgan fingerprint density at radius 2 is 2.50 bits per heavy atom. The third kappa shape index (κ3) is 3.26. The lowest BCUT2D eigenvalue weighted by Gasteiger charge is -2.07. The van der Waals surface area contributed by atoms with E-state index in [1.807, 2.05) is 0 Å². The van der Waals surface area contributed by atoms with E-state index in [0.717, 1.165) is 30.4 Å². The summed E-state index contributed by atoms with van der Waals surface area (Å²) in [6, 6.07) is 0. The Morgan fingerprint density at radius 3 is 3.08 bits per heavy atom. The average molecular weight is 283 g/mol. The number of alkyl halides is 1. The second-order valence-electron chi connectivity index (χ2n) is 2.89. The van der Waals surface area contributed by atoms with E-state index < -0.39 is 0 Å². The number of ether oxygens (including phenoxy) is 1. The maximum Gasteiger partial charge on any atom is 0.225 e. The molecule has 12 heavy (non-hydrogen) atoms. The van der Waals surface area contributed by atoms with Crippen molar-refractivity contribution >= 4 is 28.5 Å². The van der Waals surface area contributed by atoms with E-state index in [-0.39, 0.29) is 11.8 Å². The molecule has 0 radical (unpaired) electrons. The van der Waals surface area contributed by atoms with Gasteiger partial charge in [-0.15, -0.1) is 0 Å². The van der Waals surface area contributed by atoms with Gasteiger partial charge >= 0.3 is 0 Å². The molecular weight excluding hydrogens is 269 g/mol. The van der Waals surface area contributed by atoms with Gasteiger partial charge in [0.1, 0.15) is 0 Å². The summed E-state index contributed by atoms with van der Waals surface area (Å²) in [5, 5.41) is 2.90. The minimum absolute atomic E-state index is 0.110. The SMILES string of the molecule is O=C(NCCCI)C1CCOC1. The van der Waals surface area contributed by atoms with Crippen LogP contribution in [0, 0.1) is 5.92 Å². The van der Waals surface area contributed by atoms with Gasteiger partial charge in [-0.25, -0.2) is 0 Å². The molecule has 70 valence electrons. The average Bonchev–Trinajstić information content (AvgIpc) is 2.56. The normalized spacial score (nSPS) is 22.6. The van der Waals surface area contributed by atoms with Crippen molar-refractivity contribution in [3.8, 4) is 0 Å². The summed E-state index contributed by atoms with van der Waals surface area (Å²) in [5.41, 5.74) is 0. The zero-order valence-electron chi connectivity index (χ0n) is 7.01. The summed E-state index contributed by atoms with van der Waals surface area (Å²) in [5.74, 6) is 0.275. The van der Waals surface area contributed by atoms with Crippen molar-refractivity contribution in [2.45, 2.75) is 12.8 Å². The molecule has 0 aromatic carbocycles. The lowest BCUT2D eigenvalue weighted by atomic mass is 10.1. The predicted octanol–water partition coefficient (Wildman–Crippen LogP) is 0.964. The number of carbonyl (C=O) groups is 1. The molecule has 0 aromatic rings. The molecule has 1 amide bonds. The number of hydrogen-bond donors (Lipinski definition) is 1. The van der Waals surface area contributed by atoms with Gasteiger partial charge in [0.25, 0.3) is 0 Å². The largest absolute Gasteiger partial charge is 0.381 e. The molecule has 1 aliphatic heterocycles. The monoisotopic (exact) mass is 283 g/mol. The van der Waals surface area contributed by atoms with Gasteiger partial charge in [0.05, 0.1) is 12.5 Å². The number of hydrogen-bond acceptors (Lipinski definition) is 2. The van der Waals surface area contributed by atoms with E-state index in [9.17, 15) is 4.79 Å². The van der Waals surface area contributed by atoms with Gasteiger partial charge in [-0.05, 0) is 12.8 Å². The Bertz CT molecular complexity index is 146. The number of halogens is 1. The molecule has 1 unspecified atom stereocenters. The van der Waals surface area contributed by atoms with Crippen molar-refractivity contribution in [3.05, 3.63) is 0 Å². The van der Waals surface area contributed by atoms with Gasteiger partial charge < -0.3 is 10.1 Å². The van der Waals surface area contributed by atoms with Crippen molar-refractivity contribution in [1.82, 2.24) is 5.32 Å². The Kier molecular flexibility index (Phi) is 4.90. The summed E-state index contributed by atoms with van der Waals surface area (Å²) >= 11 is 2.31. The van der Waals surface area contributed by atoms with Crippen LogP contribution >= 0.6 is 22.6 Å². The Labute approximate surface area is 86.4 Å². The van der Waals surface area contributed by atoms with E-state index >= 15 is 0 Å². The standard InChI is InChI=1S/C8H14INO2/c9-3-1-4-10-8(11)7-2-5-12-6-7/h7H,1-6H2,(H,10,11). The van der Waals surface area contributed by atoms with Crippen LogP contribution in [0.25, 0.3) is 0 Å². The van der Waals surface area contributed by atoms with Crippen LogP contribution < -0.4 is 5.32 Å². The fourth-order valence-corrected chi connectivity index (χ4v) is 1.55. The van der Waals surface area contributed by atoms with Crippen molar-refractivity contribution in [1.29, 1.82) is 0 Å². The van der Waals surface area contributed by atoms with E-state index in [2.05, 4.69) is 27.9 Å². The molecular formula is C8H14INO2. The molecule has 4 heteroatoms. The van der Waals surface area contributed by atoms with Crippen LogP contribution in [-0.4, -0.2) is 30.1 Å². The van der Waals surface area contributed by atoms with E-state index in [1.165, 1.54) is 0 Å². The third-order valence-electron chi connectivity index (χ3n) is 1.91. The molecule has 1 heterocycles. The number of carbonyl (C=O) groups excluding carboxylic acids is 1. The van der Waals surface area contributed by atoms with E-state index in [1.54, 1.807) is 0 Å². The second kappa shape index (κ2) is 5.75. The number of nitrogens with one attached hydrogen (secondary N) is 1. The topological polar surface area (TPSA) is 38.3 Å². The molecule has 1 atom stereocenters. The summed E-state index contributed by atoms with van der Waals surface area (Å²) in [6.45, 7) is 2.15. The van der Waals surface area contributed by atoms with Crippen LogP contribution in [-0.2, 0) is 9.53 Å². The first-order valence-corrected chi connectivity index (χ1v) is 5.78. The summed E-state index contributed by atoms with van der Waals surface area (Å²) in [6.07, 6.45) is 1.94. The summed E-state index contributed by atoms with van der Waals surface area (Å²) in [4.78, 5) is 11.3. The summed E-state index contributed by atoms with van der Waals surface area (Å²) < 4.78 is 6.22. The van der Waals surface area contributed by atoms with Gasteiger partial charge in [-0.3, -0.25) is 4.79 Å². The Hall–Kier alpha value is 0.160. The highest BCUT2D eigenvalue weighted by molar-refractivity contribution is 14.1. The van der Waals surface area contributed by atoms with Gasteiger partial charge in [0, 0.05) is 17.6 Å². The first-order chi connectivity index (χ1) is 5.84. The first kappa shape index (κ1) is 10.2. The smallest absolute Gasteiger partial charge is 0.225 e. The van der Waals surface area contributed by atoms with Crippen LogP contribution in [0.15, 0.2) is 0 Å². The highest BCUT2D eigenvalue weighted by Crippen LogP contribution is 2.11. The molecule has 1 N–H and O–H groups in total. The lowest BCUT2D eigenvalue weighted by molar-refractivity contribution is -0.124. The molecule has 1 saturated heterocycles. The van der Waals surface area contributed by atoms with Gasteiger partial charge in [0.2, 0.25) is 5.91 Å². The quantitative estimate of drug-likeness (QED) is 0.474. The van der Waals surface area contributed by atoms with Gasteiger partial charge in [-0.2, -0.15) is 0 Å². The zero-order valence-corrected chi connectivity index (χ0v) is 9.17. The Balaban J connectivity index is 2.10. The van der Waals surface area contributed by atoms with Crippen LogP contribution in [0.5, 0.6) is 0 Å². The maximum atomic E-state index is 11.3. The molecule has 1 fully saturated rings. The van der Waals surface area contributed by atoms with Crippen molar-refractivity contribution in [3.63, 3.8) is 0 Å². The van der Waals surface area contributed by atoms with Gasteiger partial charge in [0.15, 0.2) is 0 Å². The minimum Gasteiger partial charge on any atom is -0.381 e. The van der Waals surface area contributed by atoms with Crippen LogP contribution in [0.2, 0.25) is 0 Å². The highest BCUT2D eigenvalue weighted by atomic mass is 127. The van der Waals surface area contributed by atoms with Crippen molar-refractivity contribution in [2.75, 3.05) is 24.2 Å². The maximum absolute atomic E-state index is 11.3. The molecule has 0 saturated carbocycles. The lowest BCUT2D eigenvalue weighted by Crippen LogP contribution is -2.31. The van der Waals surface area contributed by atoms with Gasteiger partial charge in [-0.1, -0.05) is 22.6 Å². The molecule has 1 aliphatic rings. The molecule has 0 bridgehead atoms. The van der Waals surface area contributed by atoms with E-state index in [0.29, 0.717) is 6.61 Å². The number of rotatable bonds is 4. The minimum atomic E-state index is 0.110. The predicted molar refractivity (Wildman–Crippen MR) is 55.4 cm³/mol. The summed E-state index contributed by atoms with van der Waals surface area (Å²) in [7, 11) is 0. The second-order valence-corrected chi connectivity index (χ2v) is 3.97. The molecule has 0 aromatic heterocycles. The third-order valence-corrected chi connectivity index (χ3v) is 2.67. The molecule has 0 aliphatic carbocycles. The molecule has 1 rings (SSSR count). The number of amides is 1. The fourth-order valence-electron chi connectivity index (χ4n) is 1.16. The van der Waals surface area contributed by atoms with Crippen LogP contribution in [0.4, 0.5) is 0 Å². The first-order valence-electron chi connectivity index (χ1n) is 4.26. The fraction of sp³-hybridized carbons (Fsp3) is 0.875. The molecule has 3 nitrogen and oxygen atoms in total. The van der Waals surface area contributed by atoms with Crippen molar-refractivity contribution < 1.29 is 9.53 Å². The van der Waals surface area contributed by atoms with E-state index in [4.69, 9.17) is 4.74 Å². The van der Waals surface area contributed by atoms with Crippen molar-refractivity contribution in [2.24, 2.45) is 5.92 Å². The van der Waals surface area contributed by atoms with Crippen LogP contribution in [0.3, 0.4) is 0 Å². The highest BCUT2D eigenvalue weighted by Gasteiger charge is 2.22. The Morgan fingerprint density at radius 1 is 1.67 bits per heavy atom.